The third-order valence-electron chi connectivity index (χ3n) is 4.99. The van der Waals surface area contributed by atoms with E-state index in [4.69, 9.17) is 8.84 Å². The van der Waals surface area contributed by atoms with Crippen molar-refractivity contribution in [3.63, 3.8) is 0 Å². The van der Waals surface area contributed by atoms with Crippen LogP contribution in [0, 0.1) is 0 Å². The van der Waals surface area contributed by atoms with Gasteiger partial charge in [-0.3, -0.25) is 4.79 Å². The van der Waals surface area contributed by atoms with Gasteiger partial charge in [0.15, 0.2) is 0 Å². The Balaban J connectivity index is 2.14. The summed E-state index contributed by atoms with van der Waals surface area (Å²) in [6, 6.07) is 15.5. The van der Waals surface area contributed by atoms with Crippen molar-refractivity contribution >= 4 is 25.6 Å². The molecule has 4 heteroatoms. The number of carbonyl (C=O) groups excluding carboxylic acids is 1. The number of aldehydes is 1. The molecule has 25 heavy (non-hydrogen) atoms. The lowest BCUT2D eigenvalue weighted by molar-refractivity contribution is 0.112. The third kappa shape index (κ3) is 3.40. The quantitative estimate of drug-likeness (QED) is 0.409. The van der Waals surface area contributed by atoms with E-state index < -0.39 is 8.32 Å². The average molecular weight is 353 g/mol. The average Bonchev–Trinajstić information content (AvgIpc) is 2.98. The van der Waals surface area contributed by atoms with Gasteiger partial charge < -0.3 is 8.84 Å². The maximum absolute atomic E-state index is 11.4. The standard InChI is InChI=1S/C21H24O3Si/c1-21(2,3)25(4,5)24-20-12-15(14-22)11-19-17(20)13-18(23-19)16-9-7-6-8-10-16/h6-14H,1-5H3. The van der Waals surface area contributed by atoms with E-state index in [1.54, 1.807) is 6.07 Å². The van der Waals surface area contributed by atoms with Gasteiger partial charge in [0.1, 0.15) is 23.4 Å². The van der Waals surface area contributed by atoms with Crippen LogP contribution >= 0.6 is 0 Å². The summed E-state index contributed by atoms with van der Waals surface area (Å²) in [6.07, 6.45) is 0.836. The van der Waals surface area contributed by atoms with Crippen LogP contribution in [0.3, 0.4) is 0 Å². The minimum Gasteiger partial charge on any atom is -0.543 e. The molecule has 0 amide bonds. The van der Waals surface area contributed by atoms with Crippen molar-refractivity contribution in [2.75, 3.05) is 0 Å². The van der Waals surface area contributed by atoms with E-state index in [9.17, 15) is 4.79 Å². The van der Waals surface area contributed by atoms with Crippen molar-refractivity contribution in [3.05, 3.63) is 54.1 Å². The Morgan fingerprint density at radius 2 is 1.72 bits per heavy atom. The highest BCUT2D eigenvalue weighted by molar-refractivity contribution is 6.74. The van der Waals surface area contributed by atoms with Gasteiger partial charge in [-0.15, -0.1) is 0 Å². The van der Waals surface area contributed by atoms with Gasteiger partial charge in [0.05, 0.1) is 5.39 Å². The van der Waals surface area contributed by atoms with Gasteiger partial charge in [0, 0.05) is 11.1 Å². The molecule has 3 nitrogen and oxygen atoms in total. The van der Waals surface area contributed by atoms with Crippen LogP contribution in [0.2, 0.25) is 18.1 Å². The molecule has 1 aromatic heterocycles. The van der Waals surface area contributed by atoms with Crippen LogP contribution < -0.4 is 4.43 Å². The minimum atomic E-state index is -2.03. The van der Waals surface area contributed by atoms with E-state index in [0.29, 0.717) is 11.1 Å². The van der Waals surface area contributed by atoms with Crippen molar-refractivity contribution in [1.82, 2.24) is 0 Å². The normalized spacial score (nSPS) is 12.4. The number of furan rings is 1. The Hall–Kier alpha value is -2.33. The maximum Gasteiger partial charge on any atom is 0.250 e. The van der Waals surface area contributed by atoms with Gasteiger partial charge in [-0.05, 0) is 36.3 Å². The zero-order valence-corrected chi connectivity index (χ0v) is 16.4. The SMILES string of the molecule is CC(C)(C)[Si](C)(C)Oc1cc(C=O)cc2oc(-c3ccccc3)cc12. The van der Waals surface area contributed by atoms with Crippen molar-refractivity contribution in [2.45, 2.75) is 38.9 Å². The van der Waals surface area contributed by atoms with Crippen LogP contribution in [-0.4, -0.2) is 14.6 Å². The van der Waals surface area contributed by atoms with E-state index in [1.165, 1.54) is 0 Å². The molecule has 130 valence electrons. The second kappa shape index (κ2) is 6.19. The van der Waals surface area contributed by atoms with Crippen molar-refractivity contribution in [3.8, 4) is 17.1 Å². The molecular weight excluding hydrogens is 328 g/mol. The molecule has 0 saturated carbocycles. The topological polar surface area (TPSA) is 39.4 Å². The first kappa shape index (κ1) is 17.5. The summed E-state index contributed by atoms with van der Waals surface area (Å²) < 4.78 is 12.5. The van der Waals surface area contributed by atoms with Crippen LogP contribution in [0.1, 0.15) is 31.1 Å². The third-order valence-corrected chi connectivity index (χ3v) is 9.33. The first-order chi connectivity index (χ1) is 11.7. The molecule has 0 atom stereocenters. The summed E-state index contributed by atoms with van der Waals surface area (Å²) in [7, 11) is -2.03. The van der Waals surface area contributed by atoms with Crippen LogP contribution in [0.25, 0.3) is 22.3 Å². The Morgan fingerprint density at radius 3 is 2.32 bits per heavy atom. The molecule has 0 radical (unpaired) electrons. The number of benzene rings is 2. The summed E-state index contributed by atoms with van der Waals surface area (Å²) in [5, 5.41) is 0.983. The zero-order chi connectivity index (χ0) is 18.2. The Bertz CT molecular complexity index is 902. The Morgan fingerprint density at radius 1 is 1.04 bits per heavy atom. The number of hydrogen-bond donors (Lipinski definition) is 0. The lowest BCUT2D eigenvalue weighted by atomic mass is 10.1. The molecule has 0 bridgehead atoms. The molecule has 1 heterocycles. The molecule has 0 N–H and O–H groups in total. The van der Waals surface area contributed by atoms with Gasteiger partial charge in [-0.1, -0.05) is 51.1 Å². The monoisotopic (exact) mass is 352 g/mol. The van der Waals surface area contributed by atoms with E-state index in [2.05, 4.69) is 33.9 Å². The highest BCUT2D eigenvalue weighted by Gasteiger charge is 2.39. The molecule has 2 aromatic carbocycles. The summed E-state index contributed by atoms with van der Waals surface area (Å²) in [4.78, 5) is 11.4. The molecule has 0 aliphatic rings. The van der Waals surface area contributed by atoms with Gasteiger partial charge in [-0.25, -0.2) is 0 Å². The van der Waals surface area contributed by atoms with E-state index in [1.807, 2.05) is 42.5 Å². The predicted octanol–water partition coefficient (Wildman–Crippen LogP) is 6.30. The number of rotatable bonds is 4. The lowest BCUT2D eigenvalue weighted by Gasteiger charge is -2.36. The van der Waals surface area contributed by atoms with E-state index in [0.717, 1.165) is 28.7 Å². The van der Waals surface area contributed by atoms with Gasteiger partial charge in [0.25, 0.3) is 8.32 Å². The predicted molar refractivity (Wildman–Crippen MR) is 105 cm³/mol. The van der Waals surface area contributed by atoms with Gasteiger partial charge in [0.2, 0.25) is 0 Å². The number of hydrogen-bond acceptors (Lipinski definition) is 3. The van der Waals surface area contributed by atoms with Crippen LogP contribution in [-0.2, 0) is 0 Å². The molecule has 0 unspecified atom stereocenters. The second-order valence-electron chi connectivity index (χ2n) is 7.89. The zero-order valence-electron chi connectivity index (χ0n) is 15.4. The second-order valence-corrected chi connectivity index (χ2v) is 12.6. The number of fused-ring (bicyclic) bond motifs is 1. The lowest BCUT2D eigenvalue weighted by Crippen LogP contribution is -2.43. The van der Waals surface area contributed by atoms with E-state index >= 15 is 0 Å². The van der Waals surface area contributed by atoms with E-state index in [-0.39, 0.29) is 5.04 Å². The summed E-state index contributed by atoms with van der Waals surface area (Å²) in [5.41, 5.74) is 2.25. The first-order valence-corrected chi connectivity index (χ1v) is 11.4. The van der Waals surface area contributed by atoms with Crippen molar-refractivity contribution < 1.29 is 13.6 Å². The molecule has 0 spiro atoms. The van der Waals surface area contributed by atoms with Gasteiger partial charge in [-0.2, -0.15) is 0 Å². The number of carbonyl (C=O) groups is 1. The fourth-order valence-corrected chi connectivity index (χ4v) is 3.48. The van der Waals surface area contributed by atoms with Crippen molar-refractivity contribution in [1.29, 1.82) is 0 Å². The first-order valence-electron chi connectivity index (χ1n) is 8.48. The largest absolute Gasteiger partial charge is 0.543 e. The molecule has 0 fully saturated rings. The fourth-order valence-electron chi connectivity index (χ4n) is 2.45. The van der Waals surface area contributed by atoms with Crippen LogP contribution in [0.4, 0.5) is 0 Å². The molecule has 0 aliphatic carbocycles. The van der Waals surface area contributed by atoms with Gasteiger partial charge >= 0.3 is 0 Å². The smallest absolute Gasteiger partial charge is 0.250 e. The van der Waals surface area contributed by atoms with Crippen molar-refractivity contribution in [2.24, 2.45) is 0 Å². The molecule has 3 aromatic rings. The maximum atomic E-state index is 11.4. The summed E-state index contributed by atoms with van der Waals surface area (Å²) >= 11 is 0. The molecule has 0 aliphatic heterocycles. The highest BCUT2D eigenvalue weighted by Crippen LogP contribution is 2.41. The summed E-state index contributed by atoms with van der Waals surface area (Å²) in [6.45, 7) is 11.0. The fraction of sp³-hybridized carbons (Fsp3) is 0.286. The minimum absolute atomic E-state index is 0.0719. The Labute approximate surface area is 149 Å². The van der Waals surface area contributed by atoms with Crippen LogP contribution in [0.5, 0.6) is 5.75 Å². The molecule has 3 rings (SSSR count). The molecular formula is C21H24O3Si. The Kier molecular flexibility index (Phi) is 4.33. The molecule has 0 saturated heterocycles. The highest BCUT2D eigenvalue weighted by atomic mass is 28.4. The summed E-state index contributed by atoms with van der Waals surface area (Å²) in [5.74, 6) is 1.51. The van der Waals surface area contributed by atoms with Crippen LogP contribution in [0.15, 0.2) is 52.9 Å².